The summed E-state index contributed by atoms with van der Waals surface area (Å²) in [6, 6.07) is 2.20. The lowest BCUT2D eigenvalue weighted by atomic mass is 10.2. The van der Waals surface area contributed by atoms with E-state index in [9.17, 15) is 0 Å². The third-order valence-corrected chi connectivity index (χ3v) is 2.77. The van der Waals surface area contributed by atoms with Gasteiger partial charge < -0.3 is 10.5 Å². The molecule has 1 aromatic rings. The maximum absolute atomic E-state index is 5.70. The van der Waals surface area contributed by atoms with E-state index < -0.39 is 0 Å². The van der Waals surface area contributed by atoms with Gasteiger partial charge in [-0.2, -0.15) is 0 Å². The lowest BCUT2D eigenvalue weighted by molar-refractivity contribution is -0.00549. The first-order chi connectivity index (χ1) is 7.65. The SMILES string of the molecule is Cc1cc(N)nc(CN2CCOCC2C)n1. The summed E-state index contributed by atoms with van der Waals surface area (Å²) in [6.45, 7) is 7.32. The summed E-state index contributed by atoms with van der Waals surface area (Å²) >= 11 is 0. The van der Waals surface area contributed by atoms with Crippen LogP contribution in [0.15, 0.2) is 6.07 Å². The first-order valence-corrected chi connectivity index (χ1v) is 5.57. The number of anilines is 1. The number of rotatable bonds is 2. The zero-order chi connectivity index (χ0) is 11.5. The molecule has 2 N–H and O–H groups in total. The fourth-order valence-corrected chi connectivity index (χ4v) is 1.90. The van der Waals surface area contributed by atoms with Crippen molar-refractivity contribution >= 4 is 5.82 Å². The highest BCUT2D eigenvalue weighted by Crippen LogP contribution is 2.11. The van der Waals surface area contributed by atoms with Gasteiger partial charge in [-0.15, -0.1) is 0 Å². The molecule has 1 unspecified atom stereocenters. The Kier molecular flexibility index (Phi) is 3.36. The average molecular weight is 222 g/mol. The lowest BCUT2D eigenvalue weighted by Gasteiger charge is -2.32. The zero-order valence-electron chi connectivity index (χ0n) is 9.81. The second kappa shape index (κ2) is 4.76. The molecule has 1 saturated heterocycles. The van der Waals surface area contributed by atoms with E-state index in [2.05, 4.69) is 21.8 Å². The Hall–Kier alpha value is -1.20. The quantitative estimate of drug-likeness (QED) is 0.793. The minimum absolute atomic E-state index is 0.416. The molecule has 5 heteroatoms. The van der Waals surface area contributed by atoms with Crippen LogP contribution in [0.2, 0.25) is 0 Å². The van der Waals surface area contributed by atoms with Crippen LogP contribution in [-0.4, -0.2) is 40.7 Å². The van der Waals surface area contributed by atoms with Crippen LogP contribution in [0.4, 0.5) is 5.82 Å². The third-order valence-electron chi connectivity index (χ3n) is 2.77. The van der Waals surface area contributed by atoms with Gasteiger partial charge in [0.05, 0.1) is 19.8 Å². The highest BCUT2D eigenvalue weighted by Gasteiger charge is 2.19. The van der Waals surface area contributed by atoms with Crippen molar-refractivity contribution in [2.75, 3.05) is 25.5 Å². The van der Waals surface area contributed by atoms with Gasteiger partial charge in [0.25, 0.3) is 0 Å². The summed E-state index contributed by atoms with van der Waals surface area (Å²) in [5.74, 6) is 1.34. The molecular weight excluding hydrogens is 204 g/mol. The number of nitrogen functional groups attached to an aromatic ring is 1. The molecule has 0 aliphatic carbocycles. The van der Waals surface area contributed by atoms with E-state index in [-0.39, 0.29) is 0 Å². The summed E-state index contributed by atoms with van der Waals surface area (Å²) in [6.07, 6.45) is 0. The first-order valence-electron chi connectivity index (χ1n) is 5.57. The number of nitrogens with two attached hydrogens (primary N) is 1. The maximum Gasteiger partial charge on any atom is 0.144 e. The molecule has 2 heterocycles. The number of morpholine rings is 1. The molecule has 1 aromatic heterocycles. The normalized spacial score (nSPS) is 22.2. The number of aromatic nitrogens is 2. The van der Waals surface area contributed by atoms with Crippen LogP contribution in [-0.2, 0) is 11.3 Å². The lowest BCUT2D eigenvalue weighted by Crippen LogP contribution is -2.43. The summed E-state index contributed by atoms with van der Waals surface area (Å²) < 4.78 is 5.39. The van der Waals surface area contributed by atoms with Gasteiger partial charge in [0.2, 0.25) is 0 Å². The van der Waals surface area contributed by atoms with Gasteiger partial charge in [0.15, 0.2) is 0 Å². The number of nitrogens with zero attached hydrogens (tertiary/aromatic N) is 3. The van der Waals surface area contributed by atoms with Gasteiger partial charge in [0, 0.05) is 24.3 Å². The van der Waals surface area contributed by atoms with Crippen molar-refractivity contribution in [2.45, 2.75) is 26.4 Å². The Bertz CT molecular complexity index is 349. The van der Waals surface area contributed by atoms with Gasteiger partial charge in [-0.1, -0.05) is 0 Å². The van der Waals surface area contributed by atoms with Gasteiger partial charge in [-0.25, -0.2) is 9.97 Å². The number of hydrogen-bond acceptors (Lipinski definition) is 5. The molecule has 1 atom stereocenters. The fourth-order valence-electron chi connectivity index (χ4n) is 1.90. The van der Waals surface area contributed by atoms with E-state index >= 15 is 0 Å². The van der Waals surface area contributed by atoms with E-state index in [1.165, 1.54) is 0 Å². The van der Waals surface area contributed by atoms with Crippen LogP contribution in [0, 0.1) is 6.92 Å². The number of aryl methyl sites for hydroxylation is 1. The molecule has 0 amide bonds. The Labute approximate surface area is 95.6 Å². The van der Waals surface area contributed by atoms with Crippen LogP contribution in [0.25, 0.3) is 0 Å². The van der Waals surface area contributed by atoms with E-state index in [1.807, 2.05) is 6.92 Å². The standard InChI is InChI=1S/C11H18N4O/c1-8-5-10(12)14-11(13-8)6-15-3-4-16-7-9(15)2/h5,9H,3-4,6-7H2,1-2H3,(H2,12,13,14). The molecule has 1 aliphatic heterocycles. The monoisotopic (exact) mass is 222 g/mol. The van der Waals surface area contributed by atoms with Crippen molar-refractivity contribution in [1.82, 2.24) is 14.9 Å². The molecule has 16 heavy (non-hydrogen) atoms. The second-order valence-electron chi connectivity index (χ2n) is 4.24. The van der Waals surface area contributed by atoms with E-state index in [0.717, 1.165) is 37.8 Å². The Balaban J connectivity index is 2.07. The molecule has 5 nitrogen and oxygen atoms in total. The largest absolute Gasteiger partial charge is 0.384 e. The molecule has 0 aromatic carbocycles. The molecule has 1 fully saturated rings. The topological polar surface area (TPSA) is 64.3 Å². The molecule has 0 radical (unpaired) electrons. The predicted octanol–water partition coefficient (Wildman–Crippen LogP) is 0.588. The summed E-state index contributed by atoms with van der Waals surface area (Å²) in [5.41, 5.74) is 6.62. The highest BCUT2D eigenvalue weighted by atomic mass is 16.5. The highest BCUT2D eigenvalue weighted by molar-refractivity contribution is 5.29. The maximum atomic E-state index is 5.70. The van der Waals surface area contributed by atoms with Crippen LogP contribution >= 0.6 is 0 Å². The van der Waals surface area contributed by atoms with Crippen molar-refractivity contribution in [1.29, 1.82) is 0 Å². The van der Waals surface area contributed by atoms with Crippen LogP contribution in [0.1, 0.15) is 18.4 Å². The molecule has 0 saturated carbocycles. The van der Waals surface area contributed by atoms with Crippen LogP contribution in [0.3, 0.4) is 0 Å². The molecule has 1 aliphatic rings. The average Bonchev–Trinajstić information content (AvgIpc) is 2.20. The Morgan fingerprint density at radius 3 is 3.06 bits per heavy atom. The van der Waals surface area contributed by atoms with Gasteiger partial charge in [0.1, 0.15) is 11.6 Å². The summed E-state index contributed by atoms with van der Waals surface area (Å²) in [7, 11) is 0. The minimum Gasteiger partial charge on any atom is -0.384 e. The Morgan fingerprint density at radius 2 is 2.38 bits per heavy atom. The minimum atomic E-state index is 0.416. The van der Waals surface area contributed by atoms with Gasteiger partial charge in [-0.05, 0) is 13.8 Å². The number of ether oxygens (including phenoxy) is 1. The van der Waals surface area contributed by atoms with Crippen LogP contribution in [0.5, 0.6) is 0 Å². The van der Waals surface area contributed by atoms with E-state index in [4.69, 9.17) is 10.5 Å². The summed E-state index contributed by atoms with van der Waals surface area (Å²) in [5, 5.41) is 0. The van der Waals surface area contributed by atoms with E-state index in [1.54, 1.807) is 6.07 Å². The van der Waals surface area contributed by atoms with Crippen molar-refractivity contribution in [3.63, 3.8) is 0 Å². The van der Waals surface area contributed by atoms with Gasteiger partial charge >= 0.3 is 0 Å². The Morgan fingerprint density at radius 1 is 1.56 bits per heavy atom. The van der Waals surface area contributed by atoms with Gasteiger partial charge in [-0.3, -0.25) is 4.90 Å². The van der Waals surface area contributed by atoms with Crippen molar-refractivity contribution in [3.05, 3.63) is 17.6 Å². The molecule has 0 bridgehead atoms. The smallest absolute Gasteiger partial charge is 0.144 e. The van der Waals surface area contributed by atoms with Crippen molar-refractivity contribution < 1.29 is 4.74 Å². The molecule has 88 valence electrons. The fraction of sp³-hybridized carbons (Fsp3) is 0.636. The zero-order valence-corrected chi connectivity index (χ0v) is 9.81. The second-order valence-corrected chi connectivity index (χ2v) is 4.24. The van der Waals surface area contributed by atoms with Crippen molar-refractivity contribution in [2.24, 2.45) is 0 Å². The molecule has 2 rings (SSSR count). The number of hydrogen-bond donors (Lipinski definition) is 1. The molecular formula is C11H18N4O. The van der Waals surface area contributed by atoms with Crippen molar-refractivity contribution in [3.8, 4) is 0 Å². The molecule has 0 spiro atoms. The van der Waals surface area contributed by atoms with E-state index in [0.29, 0.717) is 11.9 Å². The summed E-state index contributed by atoms with van der Waals surface area (Å²) in [4.78, 5) is 11.0. The third kappa shape index (κ3) is 2.68. The predicted molar refractivity (Wildman–Crippen MR) is 61.9 cm³/mol. The van der Waals surface area contributed by atoms with Crippen LogP contribution < -0.4 is 5.73 Å². The first kappa shape index (κ1) is 11.3.